The quantitative estimate of drug-likeness (QED) is 0.682. The highest BCUT2D eigenvalue weighted by molar-refractivity contribution is 6.04. The number of ether oxygens (including phenoxy) is 2. The van der Waals surface area contributed by atoms with Crippen LogP contribution in [0.3, 0.4) is 0 Å². The first-order chi connectivity index (χ1) is 14.1. The minimum absolute atomic E-state index is 0.276. The molecule has 2 heterocycles. The summed E-state index contributed by atoms with van der Waals surface area (Å²) < 4.78 is 11.1. The summed E-state index contributed by atoms with van der Waals surface area (Å²) in [5, 5.41) is 6.16. The largest absolute Gasteiger partial charge is 0.486 e. The molecule has 0 spiro atoms. The summed E-state index contributed by atoms with van der Waals surface area (Å²) in [5.41, 5.74) is 4.00. The Kier molecular flexibility index (Phi) is 5.29. The first-order valence-electron chi connectivity index (χ1n) is 9.52. The highest BCUT2D eigenvalue weighted by atomic mass is 16.6. The Morgan fingerprint density at radius 1 is 1.07 bits per heavy atom. The minimum Gasteiger partial charge on any atom is -0.486 e. The van der Waals surface area contributed by atoms with Gasteiger partial charge in [-0.25, -0.2) is 9.97 Å². The first kappa shape index (κ1) is 18.7. The number of aryl methyl sites for hydroxylation is 2. The second-order valence-electron chi connectivity index (χ2n) is 6.69. The fourth-order valence-corrected chi connectivity index (χ4v) is 3.20. The van der Waals surface area contributed by atoms with Crippen LogP contribution in [-0.2, 0) is 6.42 Å². The van der Waals surface area contributed by atoms with Gasteiger partial charge in [0, 0.05) is 23.5 Å². The van der Waals surface area contributed by atoms with Crippen molar-refractivity contribution < 1.29 is 14.3 Å². The van der Waals surface area contributed by atoms with E-state index in [1.165, 1.54) is 6.33 Å². The molecular formula is C22H22N4O3. The van der Waals surface area contributed by atoms with Gasteiger partial charge in [0.25, 0.3) is 5.91 Å². The zero-order valence-electron chi connectivity index (χ0n) is 16.4. The number of hydrogen-bond acceptors (Lipinski definition) is 6. The molecule has 0 atom stereocenters. The third-order valence-electron chi connectivity index (χ3n) is 4.69. The second kappa shape index (κ2) is 8.18. The average Bonchev–Trinajstić information content (AvgIpc) is 2.75. The van der Waals surface area contributed by atoms with Gasteiger partial charge >= 0.3 is 0 Å². The Hall–Kier alpha value is -3.61. The zero-order chi connectivity index (χ0) is 20.2. The number of fused-ring (bicyclic) bond motifs is 1. The van der Waals surface area contributed by atoms with Gasteiger partial charge in [-0.2, -0.15) is 0 Å². The van der Waals surface area contributed by atoms with E-state index in [1.54, 1.807) is 6.07 Å². The van der Waals surface area contributed by atoms with Gasteiger partial charge in [0.1, 0.15) is 31.1 Å². The molecule has 0 radical (unpaired) electrons. The van der Waals surface area contributed by atoms with Gasteiger partial charge in [-0.15, -0.1) is 0 Å². The van der Waals surface area contributed by atoms with E-state index in [4.69, 9.17) is 9.47 Å². The van der Waals surface area contributed by atoms with Crippen molar-refractivity contribution >= 4 is 23.1 Å². The molecule has 0 saturated carbocycles. The van der Waals surface area contributed by atoms with Gasteiger partial charge in [-0.05, 0) is 36.6 Å². The molecule has 7 heteroatoms. The van der Waals surface area contributed by atoms with Gasteiger partial charge in [0.2, 0.25) is 0 Å². The molecule has 2 N–H and O–H groups in total. The molecule has 0 aliphatic carbocycles. The Morgan fingerprint density at radius 3 is 2.72 bits per heavy atom. The molecule has 0 bridgehead atoms. The summed E-state index contributed by atoms with van der Waals surface area (Å²) in [6, 6.07) is 13.2. The number of benzene rings is 2. The first-order valence-corrected chi connectivity index (χ1v) is 9.52. The van der Waals surface area contributed by atoms with Crippen LogP contribution in [0, 0.1) is 6.92 Å². The lowest BCUT2D eigenvalue weighted by molar-refractivity contribution is 0.102. The van der Waals surface area contributed by atoms with Crippen molar-refractivity contribution in [2.75, 3.05) is 23.8 Å². The van der Waals surface area contributed by atoms with Crippen LogP contribution >= 0.6 is 0 Å². The van der Waals surface area contributed by atoms with Crippen LogP contribution in [0.25, 0.3) is 0 Å². The molecule has 4 rings (SSSR count). The third-order valence-corrected chi connectivity index (χ3v) is 4.69. The van der Waals surface area contributed by atoms with Crippen molar-refractivity contribution in [2.45, 2.75) is 20.3 Å². The third kappa shape index (κ3) is 4.13. The number of amides is 1. The summed E-state index contributed by atoms with van der Waals surface area (Å²) in [6.45, 7) is 5.10. The van der Waals surface area contributed by atoms with Crippen LogP contribution in [0.4, 0.5) is 17.2 Å². The van der Waals surface area contributed by atoms with Gasteiger partial charge in [-0.1, -0.05) is 25.1 Å². The lowest BCUT2D eigenvalue weighted by Gasteiger charge is -2.19. The highest BCUT2D eigenvalue weighted by Crippen LogP contribution is 2.33. The van der Waals surface area contributed by atoms with Crippen LogP contribution in [0.5, 0.6) is 11.5 Å². The molecule has 0 fully saturated rings. The molecule has 1 amide bonds. The van der Waals surface area contributed by atoms with Crippen molar-refractivity contribution in [3.63, 3.8) is 0 Å². The maximum absolute atomic E-state index is 12.8. The monoisotopic (exact) mass is 390 g/mol. The highest BCUT2D eigenvalue weighted by Gasteiger charge is 2.14. The maximum atomic E-state index is 12.8. The van der Waals surface area contributed by atoms with Crippen LogP contribution in [0.15, 0.2) is 48.8 Å². The van der Waals surface area contributed by atoms with Crippen molar-refractivity contribution in [3.05, 3.63) is 65.6 Å². The van der Waals surface area contributed by atoms with E-state index in [9.17, 15) is 4.79 Å². The SMILES string of the molecule is CCc1cccc(C)c1NC(=O)c1cc(Nc2ccc3c(c2)OCCO3)ncn1. The molecule has 29 heavy (non-hydrogen) atoms. The Bertz CT molecular complexity index is 1050. The van der Waals surface area contributed by atoms with E-state index in [2.05, 4.69) is 27.5 Å². The molecule has 2 aromatic carbocycles. The van der Waals surface area contributed by atoms with Crippen molar-refractivity contribution in [1.29, 1.82) is 0 Å². The summed E-state index contributed by atoms with van der Waals surface area (Å²) in [4.78, 5) is 21.1. The molecule has 0 saturated heterocycles. The smallest absolute Gasteiger partial charge is 0.274 e. The number of nitrogens with zero attached hydrogens (tertiary/aromatic N) is 2. The van der Waals surface area contributed by atoms with E-state index >= 15 is 0 Å². The van der Waals surface area contributed by atoms with Crippen LogP contribution < -0.4 is 20.1 Å². The molecule has 1 aliphatic heterocycles. The number of aromatic nitrogens is 2. The summed E-state index contributed by atoms with van der Waals surface area (Å²) in [6.07, 6.45) is 2.20. The zero-order valence-corrected chi connectivity index (χ0v) is 16.4. The van der Waals surface area contributed by atoms with Gasteiger partial charge < -0.3 is 20.1 Å². The normalized spacial score (nSPS) is 12.3. The minimum atomic E-state index is -0.276. The standard InChI is InChI=1S/C22H22N4O3/c1-3-15-6-4-5-14(2)21(15)26-22(27)17-12-20(24-13-23-17)25-16-7-8-18-19(11-16)29-10-9-28-18/h4-8,11-13H,3,9-10H2,1-2H3,(H,26,27)(H,23,24,25). The molecule has 148 valence electrons. The van der Waals surface area contributed by atoms with Crippen molar-refractivity contribution in [1.82, 2.24) is 9.97 Å². The Labute approximate surface area is 169 Å². The number of carbonyl (C=O) groups is 1. The van der Waals surface area contributed by atoms with E-state index in [1.807, 2.05) is 43.3 Å². The van der Waals surface area contributed by atoms with Gasteiger partial charge in [0.15, 0.2) is 11.5 Å². The fraction of sp³-hybridized carbons (Fsp3) is 0.227. The Morgan fingerprint density at radius 2 is 1.90 bits per heavy atom. The summed E-state index contributed by atoms with van der Waals surface area (Å²) in [7, 11) is 0. The van der Waals surface area contributed by atoms with Gasteiger partial charge in [-0.3, -0.25) is 4.79 Å². The van der Waals surface area contributed by atoms with Crippen molar-refractivity contribution in [3.8, 4) is 11.5 Å². The summed E-state index contributed by atoms with van der Waals surface area (Å²) in [5.74, 6) is 1.64. The van der Waals surface area contributed by atoms with Crippen molar-refractivity contribution in [2.24, 2.45) is 0 Å². The average molecular weight is 390 g/mol. The molecule has 3 aromatic rings. The number of anilines is 3. The number of para-hydroxylation sites is 1. The molecular weight excluding hydrogens is 368 g/mol. The predicted octanol–water partition coefficient (Wildman–Crippen LogP) is 4.11. The molecule has 0 unspecified atom stereocenters. The maximum Gasteiger partial charge on any atom is 0.274 e. The Balaban J connectivity index is 1.52. The number of hydrogen-bond donors (Lipinski definition) is 2. The van der Waals surface area contributed by atoms with Crippen LogP contribution in [0.1, 0.15) is 28.5 Å². The topological polar surface area (TPSA) is 85.4 Å². The van der Waals surface area contributed by atoms with E-state index in [0.29, 0.717) is 24.8 Å². The second-order valence-corrected chi connectivity index (χ2v) is 6.69. The number of carbonyl (C=O) groups excluding carboxylic acids is 1. The number of nitrogens with one attached hydrogen (secondary N) is 2. The van der Waals surface area contributed by atoms with E-state index < -0.39 is 0 Å². The fourth-order valence-electron chi connectivity index (χ4n) is 3.20. The molecule has 1 aliphatic rings. The van der Waals surface area contributed by atoms with E-state index in [0.717, 1.165) is 34.7 Å². The van der Waals surface area contributed by atoms with Crippen LogP contribution in [0.2, 0.25) is 0 Å². The summed E-state index contributed by atoms with van der Waals surface area (Å²) >= 11 is 0. The van der Waals surface area contributed by atoms with Gasteiger partial charge in [0.05, 0.1) is 0 Å². The van der Waals surface area contributed by atoms with Crippen LogP contribution in [-0.4, -0.2) is 29.1 Å². The predicted molar refractivity (Wildman–Crippen MR) is 111 cm³/mol. The lowest BCUT2D eigenvalue weighted by Crippen LogP contribution is -2.16. The lowest BCUT2D eigenvalue weighted by atomic mass is 10.1. The number of rotatable bonds is 5. The molecule has 1 aromatic heterocycles. The molecule has 7 nitrogen and oxygen atoms in total. The van der Waals surface area contributed by atoms with E-state index in [-0.39, 0.29) is 11.6 Å².